The minimum atomic E-state index is 0.0327. The first-order chi connectivity index (χ1) is 9.97. The van der Waals surface area contributed by atoms with Crippen LogP contribution in [0.15, 0.2) is 24.4 Å². The van der Waals surface area contributed by atoms with Crippen molar-refractivity contribution in [3.8, 4) is 5.82 Å². The Balaban J connectivity index is 2.00. The summed E-state index contributed by atoms with van der Waals surface area (Å²) in [7, 11) is 1.97. The lowest BCUT2D eigenvalue weighted by atomic mass is 9.90. The average Bonchev–Trinajstić information content (AvgIpc) is 3.15. The molecule has 2 heterocycles. The molecular weight excluding hydrogens is 260 g/mol. The monoisotopic (exact) mass is 284 g/mol. The van der Waals surface area contributed by atoms with E-state index in [-0.39, 0.29) is 5.41 Å². The quantitative estimate of drug-likeness (QED) is 0.938. The zero-order valence-electron chi connectivity index (χ0n) is 13.3. The van der Waals surface area contributed by atoms with Gasteiger partial charge in [-0.2, -0.15) is 5.10 Å². The Morgan fingerprint density at radius 2 is 2.05 bits per heavy atom. The van der Waals surface area contributed by atoms with Gasteiger partial charge in [0.25, 0.3) is 0 Å². The van der Waals surface area contributed by atoms with Gasteiger partial charge in [-0.15, -0.1) is 0 Å². The summed E-state index contributed by atoms with van der Waals surface area (Å²) < 4.78 is 1.92. The van der Waals surface area contributed by atoms with E-state index in [1.54, 1.807) is 0 Å². The fourth-order valence-corrected chi connectivity index (χ4v) is 2.44. The van der Waals surface area contributed by atoms with Crippen molar-refractivity contribution in [2.75, 3.05) is 7.05 Å². The maximum absolute atomic E-state index is 4.82. The summed E-state index contributed by atoms with van der Waals surface area (Å²) in [5.41, 5.74) is 3.59. The van der Waals surface area contributed by atoms with Crippen LogP contribution in [0.1, 0.15) is 56.5 Å². The van der Waals surface area contributed by atoms with Gasteiger partial charge in [0.1, 0.15) is 0 Å². The van der Waals surface area contributed by atoms with Crippen LogP contribution in [0, 0.1) is 0 Å². The highest BCUT2D eigenvalue weighted by molar-refractivity contribution is 5.33. The number of nitrogens with one attached hydrogen (secondary N) is 1. The van der Waals surface area contributed by atoms with E-state index >= 15 is 0 Å². The topological polar surface area (TPSA) is 42.7 Å². The van der Waals surface area contributed by atoms with Crippen LogP contribution >= 0.6 is 0 Å². The molecular formula is C17H24N4. The molecule has 4 nitrogen and oxygen atoms in total. The lowest BCUT2D eigenvalue weighted by Gasteiger charge is -2.20. The Hall–Kier alpha value is -1.68. The van der Waals surface area contributed by atoms with Crippen LogP contribution in [0.3, 0.4) is 0 Å². The maximum Gasteiger partial charge on any atom is 0.153 e. The van der Waals surface area contributed by atoms with Gasteiger partial charge in [0, 0.05) is 29.8 Å². The van der Waals surface area contributed by atoms with Crippen molar-refractivity contribution in [1.29, 1.82) is 0 Å². The summed E-state index contributed by atoms with van der Waals surface area (Å²) in [5.74, 6) is 1.59. The predicted octanol–water partition coefficient (Wildman–Crippen LogP) is 3.16. The normalized spacial score (nSPS) is 15.4. The first-order valence-electron chi connectivity index (χ1n) is 7.69. The molecule has 2 aromatic heterocycles. The Morgan fingerprint density at radius 3 is 2.67 bits per heavy atom. The van der Waals surface area contributed by atoms with E-state index in [1.165, 1.54) is 24.1 Å². The molecule has 0 saturated heterocycles. The molecule has 21 heavy (non-hydrogen) atoms. The van der Waals surface area contributed by atoms with Gasteiger partial charge in [0.15, 0.2) is 5.82 Å². The third-order valence-corrected chi connectivity index (χ3v) is 3.86. The van der Waals surface area contributed by atoms with Crippen LogP contribution in [-0.2, 0) is 12.0 Å². The molecule has 0 unspecified atom stereocenters. The van der Waals surface area contributed by atoms with Crippen LogP contribution in [-0.4, -0.2) is 21.8 Å². The number of rotatable bonds is 4. The maximum atomic E-state index is 4.82. The molecule has 0 aromatic carbocycles. The summed E-state index contributed by atoms with van der Waals surface area (Å²) in [5, 5.41) is 7.92. The molecule has 3 rings (SSSR count). The molecule has 1 aliphatic rings. The Kier molecular flexibility index (Phi) is 3.57. The average molecular weight is 284 g/mol. The first-order valence-corrected chi connectivity index (χ1v) is 7.69. The van der Waals surface area contributed by atoms with Gasteiger partial charge in [0.05, 0.1) is 5.69 Å². The molecule has 0 bridgehead atoms. The predicted molar refractivity (Wildman–Crippen MR) is 84.8 cm³/mol. The lowest BCUT2D eigenvalue weighted by molar-refractivity contribution is 0.563. The third kappa shape index (κ3) is 3.16. The van der Waals surface area contributed by atoms with Crippen molar-refractivity contribution in [1.82, 2.24) is 20.1 Å². The number of nitrogens with zero attached hydrogens (tertiary/aromatic N) is 3. The Bertz CT molecular complexity index is 632. The van der Waals surface area contributed by atoms with Crippen molar-refractivity contribution in [2.24, 2.45) is 0 Å². The van der Waals surface area contributed by atoms with Crippen molar-refractivity contribution >= 4 is 0 Å². The van der Waals surface area contributed by atoms with Gasteiger partial charge >= 0.3 is 0 Å². The molecule has 4 heteroatoms. The highest BCUT2D eigenvalue weighted by Gasteiger charge is 2.26. The van der Waals surface area contributed by atoms with E-state index in [2.05, 4.69) is 44.3 Å². The van der Waals surface area contributed by atoms with E-state index < -0.39 is 0 Å². The molecule has 2 aromatic rings. The molecule has 0 spiro atoms. The van der Waals surface area contributed by atoms with Crippen molar-refractivity contribution in [3.05, 3.63) is 41.3 Å². The Labute approximate surface area is 126 Å². The number of hydrogen-bond donors (Lipinski definition) is 1. The zero-order valence-corrected chi connectivity index (χ0v) is 13.3. The number of hydrogen-bond acceptors (Lipinski definition) is 3. The van der Waals surface area contributed by atoms with Crippen LogP contribution < -0.4 is 5.32 Å². The van der Waals surface area contributed by atoms with Crippen molar-refractivity contribution < 1.29 is 0 Å². The first kappa shape index (κ1) is 14.3. The van der Waals surface area contributed by atoms with E-state index in [4.69, 9.17) is 10.1 Å². The fourth-order valence-electron chi connectivity index (χ4n) is 2.44. The zero-order chi connectivity index (χ0) is 15.0. The fraction of sp³-hybridized carbons (Fsp3) is 0.529. The van der Waals surface area contributed by atoms with Crippen LogP contribution in [0.4, 0.5) is 0 Å². The van der Waals surface area contributed by atoms with Gasteiger partial charge in [0.2, 0.25) is 0 Å². The minimum Gasteiger partial charge on any atom is -0.316 e. The SMILES string of the molecule is CNCc1cc(-n2ccc(C3CC3)n2)nc(C(C)(C)C)c1. The van der Waals surface area contributed by atoms with Gasteiger partial charge in [-0.05, 0) is 43.7 Å². The second kappa shape index (κ2) is 5.26. The molecule has 0 amide bonds. The smallest absolute Gasteiger partial charge is 0.153 e. The summed E-state index contributed by atoms with van der Waals surface area (Å²) in [6, 6.07) is 6.43. The van der Waals surface area contributed by atoms with Gasteiger partial charge < -0.3 is 5.32 Å². The molecule has 1 saturated carbocycles. The van der Waals surface area contributed by atoms with Crippen LogP contribution in [0.2, 0.25) is 0 Å². The minimum absolute atomic E-state index is 0.0327. The molecule has 1 N–H and O–H groups in total. The van der Waals surface area contributed by atoms with Crippen molar-refractivity contribution in [2.45, 2.75) is 51.5 Å². The van der Waals surface area contributed by atoms with E-state index in [0.29, 0.717) is 5.92 Å². The summed E-state index contributed by atoms with van der Waals surface area (Å²) >= 11 is 0. The summed E-state index contributed by atoms with van der Waals surface area (Å²) in [6.45, 7) is 7.43. The second-order valence-electron chi connectivity index (χ2n) is 6.96. The van der Waals surface area contributed by atoms with Crippen LogP contribution in [0.5, 0.6) is 0 Å². The van der Waals surface area contributed by atoms with E-state index in [0.717, 1.165) is 18.1 Å². The molecule has 0 radical (unpaired) electrons. The van der Waals surface area contributed by atoms with E-state index in [1.807, 2.05) is 17.9 Å². The third-order valence-electron chi connectivity index (χ3n) is 3.86. The number of aromatic nitrogens is 3. The van der Waals surface area contributed by atoms with Crippen LogP contribution in [0.25, 0.3) is 5.82 Å². The molecule has 112 valence electrons. The van der Waals surface area contributed by atoms with E-state index in [9.17, 15) is 0 Å². The van der Waals surface area contributed by atoms with Crippen molar-refractivity contribution in [3.63, 3.8) is 0 Å². The summed E-state index contributed by atoms with van der Waals surface area (Å²) in [4.78, 5) is 4.82. The standard InChI is InChI=1S/C17H24N4/c1-17(2,3)15-9-12(11-18-4)10-16(19-15)21-8-7-14(20-21)13-5-6-13/h7-10,13,18H,5-6,11H2,1-4H3. The lowest BCUT2D eigenvalue weighted by Crippen LogP contribution is -2.17. The Morgan fingerprint density at radius 1 is 1.29 bits per heavy atom. The summed E-state index contributed by atoms with van der Waals surface area (Å²) in [6.07, 6.45) is 4.58. The second-order valence-corrected chi connectivity index (χ2v) is 6.96. The molecule has 1 aliphatic carbocycles. The van der Waals surface area contributed by atoms with Gasteiger partial charge in [-0.1, -0.05) is 20.8 Å². The molecule has 0 atom stereocenters. The largest absolute Gasteiger partial charge is 0.316 e. The highest BCUT2D eigenvalue weighted by Crippen LogP contribution is 2.39. The number of pyridine rings is 1. The molecule has 0 aliphatic heterocycles. The molecule has 1 fully saturated rings. The van der Waals surface area contributed by atoms with Gasteiger partial charge in [-0.3, -0.25) is 0 Å². The van der Waals surface area contributed by atoms with Gasteiger partial charge in [-0.25, -0.2) is 9.67 Å². The highest BCUT2D eigenvalue weighted by atomic mass is 15.3.